The molecular formula is C17H13ClN2OS2. The maximum atomic E-state index is 12.3. The Kier molecular flexibility index (Phi) is 4.67. The third kappa shape index (κ3) is 3.25. The molecule has 3 nitrogen and oxygen atoms in total. The second-order valence-corrected chi connectivity index (χ2v) is 7.58. The Morgan fingerprint density at radius 1 is 1.35 bits per heavy atom. The molecule has 0 fully saturated rings. The third-order valence-electron chi connectivity index (χ3n) is 3.39. The van der Waals surface area contributed by atoms with E-state index in [4.69, 9.17) is 18.0 Å². The van der Waals surface area contributed by atoms with Crippen molar-refractivity contribution < 1.29 is 4.79 Å². The zero-order valence-corrected chi connectivity index (χ0v) is 14.8. The summed E-state index contributed by atoms with van der Waals surface area (Å²) in [6.45, 7) is 2.49. The average Bonchev–Trinajstić information content (AvgIpc) is 3.11. The first kappa shape index (κ1) is 16.0. The highest BCUT2D eigenvalue weighted by Gasteiger charge is 2.11. The first-order valence-corrected chi connectivity index (χ1v) is 9.03. The molecule has 116 valence electrons. The Balaban J connectivity index is 2.15. The molecule has 0 bridgehead atoms. The smallest absolute Gasteiger partial charge is 0.289 e. The lowest BCUT2D eigenvalue weighted by molar-refractivity contribution is 0.100. The first-order chi connectivity index (χ1) is 11.1. The van der Waals surface area contributed by atoms with Crippen molar-refractivity contribution in [1.29, 1.82) is 0 Å². The molecule has 0 atom stereocenters. The summed E-state index contributed by atoms with van der Waals surface area (Å²) in [6.07, 6.45) is 6.43. The Bertz CT molecular complexity index is 988. The number of thiazole rings is 1. The number of rotatable bonds is 3. The topological polar surface area (TPSA) is 34.4 Å². The summed E-state index contributed by atoms with van der Waals surface area (Å²) in [5.41, 5.74) is 2.25. The minimum absolute atomic E-state index is 0.296. The van der Waals surface area contributed by atoms with Crippen molar-refractivity contribution in [3.05, 3.63) is 49.9 Å². The van der Waals surface area contributed by atoms with Crippen LogP contribution in [0.25, 0.3) is 10.2 Å². The van der Waals surface area contributed by atoms with E-state index in [1.54, 1.807) is 12.1 Å². The zero-order chi connectivity index (χ0) is 16.4. The maximum absolute atomic E-state index is 12.3. The van der Waals surface area contributed by atoms with E-state index in [1.807, 2.05) is 10.6 Å². The number of terminal acetylenes is 1. The largest absolute Gasteiger partial charge is 0.305 e. The molecule has 3 rings (SSSR count). The van der Waals surface area contributed by atoms with Gasteiger partial charge in [-0.1, -0.05) is 41.8 Å². The number of aryl methyl sites for hydroxylation is 1. The number of carbonyl (C=O) groups excluding carboxylic acids is 1. The number of aromatic nitrogens is 1. The monoisotopic (exact) mass is 360 g/mol. The Labute approximate surface area is 146 Å². The minimum Gasteiger partial charge on any atom is -0.305 e. The average molecular weight is 361 g/mol. The molecule has 0 saturated carbocycles. The Hall–Kier alpha value is -1.87. The van der Waals surface area contributed by atoms with E-state index in [0.717, 1.165) is 16.6 Å². The molecule has 1 amide bonds. The van der Waals surface area contributed by atoms with E-state index in [0.29, 0.717) is 20.6 Å². The molecule has 0 saturated heterocycles. The molecule has 0 aliphatic carbocycles. The van der Waals surface area contributed by atoms with Gasteiger partial charge in [-0.3, -0.25) is 4.79 Å². The van der Waals surface area contributed by atoms with Gasteiger partial charge in [0.05, 0.1) is 26.0 Å². The molecule has 23 heavy (non-hydrogen) atoms. The van der Waals surface area contributed by atoms with Gasteiger partial charge in [-0.25, -0.2) is 0 Å². The lowest BCUT2D eigenvalue weighted by atomic mass is 10.2. The van der Waals surface area contributed by atoms with Gasteiger partial charge in [0.25, 0.3) is 5.91 Å². The van der Waals surface area contributed by atoms with Crippen molar-refractivity contribution in [3.8, 4) is 12.3 Å². The van der Waals surface area contributed by atoms with Crippen molar-refractivity contribution >= 4 is 50.4 Å². The molecule has 6 heteroatoms. The van der Waals surface area contributed by atoms with Gasteiger partial charge in [0, 0.05) is 0 Å². The van der Waals surface area contributed by atoms with Crippen LogP contribution < -0.4 is 4.80 Å². The summed E-state index contributed by atoms with van der Waals surface area (Å²) in [4.78, 5) is 17.7. The SMILES string of the molecule is C#CCn1c(=NC(=O)c2ccc(Cl)s2)sc2cc(CC)ccc21. The number of hydrogen-bond donors (Lipinski definition) is 0. The number of nitrogens with zero attached hydrogens (tertiary/aromatic N) is 2. The van der Waals surface area contributed by atoms with E-state index >= 15 is 0 Å². The van der Waals surface area contributed by atoms with Gasteiger partial charge >= 0.3 is 0 Å². The summed E-state index contributed by atoms with van der Waals surface area (Å²) in [6, 6.07) is 9.62. The number of thiophene rings is 1. The van der Waals surface area contributed by atoms with Crippen LogP contribution in [0.15, 0.2) is 35.3 Å². The van der Waals surface area contributed by atoms with E-state index in [-0.39, 0.29) is 5.91 Å². The van der Waals surface area contributed by atoms with E-state index < -0.39 is 0 Å². The van der Waals surface area contributed by atoms with Crippen LogP contribution >= 0.6 is 34.3 Å². The molecular weight excluding hydrogens is 348 g/mol. The van der Waals surface area contributed by atoms with Gasteiger partial charge in [0.15, 0.2) is 4.80 Å². The quantitative estimate of drug-likeness (QED) is 0.639. The molecule has 0 unspecified atom stereocenters. The van der Waals surface area contributed by atoms with E-state index in [2.05, 4.69) is 30.0 Å². The Morgan fingerprint density at radius 3 is 2.83 bits per heavy atom. The number of carbonyl (C=O) groups is 1. The van der Waals surface area contributed by atoms with Crippen molar-refractivity contribution in [1.82, 2.24) is 4.57 Å². The number of benzene rings is 1. The molecule has 2 heterocycles. The summed E-state index contributed by atoms with van der Waals surface area (Å²) in [7, 11) is 0. The molecule has 0 aliphatic rings. The van der Waals surface area contributed by atoms with Crippen molar-refractivity contribution in [2.75, 3.05) is 0 Å². The van der Waals surface area contributed by atoms with Gasteiger partial charge < -0.3 is 4.57 Å². The molecule has 0 aliphatic heterocycles. The van der Waals surface area contributed by atoms with Gasteiger partial charge in [-0.2, -0.15) is 4.99 Å². The number of fused-ring (bicyclic) bond motifs is 1. The normalized spacial score (nSPS) is 11.8. The van der Waals surface area contributed by atoms with Gasteiger partial charge in [0.2, 0.25) is 0 Å². The Morgan fingerprint density at radius 2 is 2.17 bits per heavy atom. The molecule has 3 aromatic rings. The maximum Gasteiger partial charge on any atom is 0.289 e. The summed E-state index contributed by atoms with van der Waals surface area (Å²) >= 11 is 8.58. The number of hydrogen-bond acceptors (Lipinski definition) is 3. The standard InChI is InChI=1S/C17H13ClN2OS2/c1-3-9-20-12-6-5-11(4-2)10-14(12)23-17(20)19-16(21)13-7-8-15(18)22-13/h1,5-8,10H,4,9H2,2H3. The number of amides is 1. The van der Waals surface area contributed by atoms with Crippen LogP contribution in [0.2, 0.25) is 4.34 Å². The number of halogens is 1. The van der Waals surface area contributed by atoms with Crippen molar-refractivity contribution in [3.63, 3.8) is 0 Å². The molecule has 0 N–H and O–H groups in total. The lowest BCUT2D eigenvalue weighted by Gasteiger charge is -2.00. The highest BCUT2D eigenvalue weighted by Crippen LogP contribution is 2.23. The predicted octanol–water partition coefficient (Wildman–Crippen LogP) is 4.35. The zero-order valence-electron chi connectivity index (χ0n) is 12.4. The van der Waals surface area contributed by atoms with Gasteiger partial charge in [0.1, 0.15) is 0 Å². The fraction of sp³-hybridized carbons (Fsp3) is 0.176. The highest BCUT2D eigenvalue weighted by atomic mass is 35.5. The lowest BCUT2D eigenvalue weighted by Crippen LogP contribution is -2.16. The second kappa shape index (κ2) is 6.71. The summed E-state index contributed by atoms with van der Waals surface area (Å²) < 4.78 is 3.55. The fourth-order valence-corrected chi connectivity index (χ4v) is 4.26. The van der Waals surface area contributed by atoms with Crippen LogP contribution in [0.5, 0.6) is 0 Å². The van der Waals surface area contributed by atoms with E-state index in [9.17, 15) is 4.79 Å². The minimum atomic E-state index is -0.296. The van der Waals surface area contributed by atoms with Crippen LogP contribution in [0, 0.1) is 12.3 Å². The first-order valence-electron chi connectivity index (χ1n) is 7.02. The van der Waals surface area contributed by atoms with Crippen molar-refractivity contribution in [2.45, 2.75) is 19.9 Å². The van der Waals surface area contributed by atoms with Gasteiger partial charge in [-0.05, 0) is 36.2 Å². The third-order valence-corrected chi connectivity index (χ3v) is 5.65. The van der Waals surface area contributed by atoms with Crippen LogP contribution in [0.1, 0.15) is 22.2 Å². The predicted molar refractivity (Wildman–Crippen MR) is 97.2 cm³/mol. The van der Waals surface area contributed by atoms with E-state index in [1.165, 1.54) is 28.2 Å². The van der Waals surface area contributed by atoms with Crippen LogP contribution in [-0.4, -0.2) is 10.5 Å². The second-order valence-electron chi connectivity index (χ2n) is 4.85. The fourth-order valence-electron chi connectivity index (χ4n) is 2.24. The molecule has 0 spiro atoms. The highest BCUT2D eigenvalue weighted by molar-refractivity contribution is 7.18. The van der Waals surface area contributed by atoms with Crippen LogP contribution in [0.3, 0.4) is 0 Å². The van der Waals surface area contributed by atoms with Crippen LogP contribution in [0.4, 0.5) is 0 Å². The molecule has 0 radical (unpaired) electrons. The summed E-state index contributed by atoms with van der Waals surface area (Å²) in [5, 5.41) is 0. The van der Waals surface area contributed by atoms with Crippen molar-refractivity contribution in [2.24, 2.45) is 4.99 Å². The molecule has 1 aromatic carbocycles. The van der Waals surface area contributed by atoms with Crippen LogP contribution in [-0.2, 0) is 13.0 Å². The molecule has 2 aromatic heterocycles. The van der Waals surface area contributed by atoms with Gasteiger partial charge in [-0.15, -0.1) is 17.8 Å². The summed E-state index contributed by atoms with van der Waals surface area (Å²) in [5.74, 6) is 2.33.